The number of phenols is 1. The third-order valence-electron chi connectivity index (χ3n) is 7.49. The van der Waals surface area contributed by atoms with E-state index in [4.69, 9.17) is 0 Å². The lowest BCUT2D eigenvalue weighted by Gasteiger charge is -2.52. The largest absolute Gasteiger partial charge is 0.508 e. The zero-order valence-corrected chi connectivity index (χ0v) is 13.6. The number of fused-ring (bicyclic) bond motifs is 5. The van der Waals surface area contributed by atoms with Gasteiger partial charge in [0.15, 0.2) is 0 Å². The maximum Gasteiger partial charge on any atom is 0.115 e. The number of hydrogen-bond acceptors (Lipinski definition) is 2. The van der Waals surface area contributed by atoms with E-state index in [1.807, 2.05) is 6.07 Å². The minimum absolute atomic E-state index is 0.340. The van der Waals surface area contributed by atoms with Crippen molar-refractivity contribution < 1.29 is 5.11 Å². The first-order chi connectivity index (χ1) is 10.7. The molecule has 3 bridgehead atoms. The van der Waals surface area contributed by atoms with Crippen molar-refractivity contribution in [1.82, 2.24) is 4.90 Å². The van der Waals surface area contributed by atoms with Crippen LogP contribution in [-0.4, -0.2) is 28.6 Å². The zero-order chi connectivity index (χ0) is 14.9. The van der Waals surface area contributed by atoms with E-state index in [1.165, 1.54) is 57.1 Å². The molecule has 2 heteroatoms. The van der Waals surface area contributed by atoms with E-state index in [0.717, 1.165) is 23.9 Å². The Morgan fingerprint density at radius 1 is 1.27 bits per heavy atom. The van der Waals surface area contributed by atoms with Crippen molar-refractivity contribution in [2.24, 2.45) is 5.92 Å². The smallest absolute Gasteiger partial charge is 0.115 e. The quantitative estimate of drug-likeness (QED) is 0.905. The van der Waals surface area contributed by atoms with Crippen LogP contribution < -0.4 is 0 Å². The molecule has 2 aliphatic heterocycles. The van der Waals surface area contributed by atoms with Gasteiger partial charge >= 0.3 is 0 Å². The molecule has 2 saturated heterocycles. The van der Waals surface area contributed by atoms with E-state index >= 15 is 0 Å². The Labute approximate surface area is 133 Å². The number of hydrogen-bond donors (Lipinski definition) is 1. The normalized spacial score (nSPS) is 39.8. The predicted octanol–water partition coefficient (Wildman–Crippen LogP) is 4.17. The minimum atomic E-state index is 0.340. The van der Waals surface area contributed by atoms with E-state index in [0.29, 0.717) is 11.2 Å². The first-order valence-corrected chi connectivity index (χ1v) is 9.29. The van der Waals surface area contributed by atoms with Crippen molar-refractivity contribution in [1.29, 1.82) is 0 Å². The van der Waals surface area contributed by atoms with Gasteiger partial charge in [0.05, 0.1) is 0 Å². The van der Waals surface area contributed by atoms with Gasteiger partial charge in [0, 0.05) is 24.5 Å². The maximum atomic E-state index is 10.00. The third-order valence-corrected chi connectivity index (χ3v) is 7.49. The molecule has 0 amide bonds. The molecule has 3 fully saturated rings. The van der Waals surface area contributed by atoms with Gasteiger partial charge in [-0.2, -0.15) is 0 Å². The van der Waals surface area contributed by atoms with E-state index in [9.17, 15) is 5.11 Å². The summed E-state index contributed by atoms with van der Waals surface area (Å²) in [6.45, 7) is 3.72. The molecule has 1 aromatic rings. The highest BCUT2D eigenvalue weighted by Gasteiger charge is 2.57. The summed E-state index contributed by atoms with van der Waals surface area (Å²) in [5.74, 6) is 2.17. The average Bonchev–Trinajstić information content (AvgIpc) is 2.64. The third kappa shape index (κ3) is 1.65. The van der Waals surface area contributed by atoms with Gasteiger partial charge in [-0.25, -0.2) is 0 Å². The Morgan fingerprint density at radius 2 is 2.14 bits per heavy atom. The summed E-state index contributed by atoms with van der Waals surface area (Å²) in [7, 11) is 0. The lowest BCUT2D eigenvalue weighted by molar-refractivity contribution is 0.0436. The molecule has 2 nitrogen and oxygen atoms in total. The summed E-state index contributed by atoms with van der Waals surface area (Å²) in [6.07, 6.45) is 9.61. The second-order valence-electron chi connectivity index (χ2n) is 8.37. The van der Waals surface area contributed by atoms with Crippen LogP contribution in [0.15, 0.2) is 18.2 Å². The predicted molar refractivity (Wildman–Crippen MR) is 88.3 cm³/mol. The van der Waals surface area contributed by atoms with E-state index < -0.39 is 0 Å². The molecule has 4 atom stereocenters. The molecule has 4 aliphatic rings. The maximum absolute atomic E-state index is 10.00. The van der Waals surface area contributed by atoms with Gasteiger partial charge in [-0.05, 0) is 73.1 Å². The van der Waals surface area contributed by atoms with Crippen molar-refractivity contribution in [2.75, 3.05) is 6.54 Å². The van der Waals surface area contributed by atoms with E-state index in [2.05, 4.69) is 24.0 Å². The zero-order valence-electron chi connectivity index (χ0n) is 13.6. The molecule has 22 heavy (non-hydrogen) atoms. The lowest BCUT2D eigenvalue weighted by Crippen LogP contribution is -2.54. The molecule has 0 aromatic heterocycles. The highest BCUT2D eigenvalue weighted by molar-refractivity contribution is 5.48. The van der Waals surface area contributed by atoms with Crippen molar-refractivity contribution in [3.63, 3.8) is 0 Å². The molecule has 1 aromatic carbocycles. The van der Waals surface area contributed by atoms with E-state index in [-0.39, 0.29) is 0 Å². The van der Waals surface area contributed by atoms with Crippen LogP contribution in [0.1, 0.15) is 68.9 Å². The topological polar surface area (TPSA) is 23.5 Å². The van der Waals surface area contributed by atoms with Crippen LogP contribution in [0.25, 0.3) is 0 Å². The van der Waals surface area contributed by atoms with Gasteiger partial charge < -0.3 is 5.11 Å². The minimum Gasteiger partial charge on any atom is -0.508 e. The van der Waals surface area contributed by atoms with Crippen LogP contribution >= 0.6 is 0 Å². The Hall–Kier alpha value is -1.02. The van der Waals surface area contributed by atoms with Gasteiger partial charge in [-0.1, -0.05) is 19.4 Å². The number of benzene rings is 1. The Bertz CT molecular complexity index is 604. The first-order valence-electron chi connectivity index (χ1n) is 9.29. The Morgan fingerprint density at radius 3 is 2.86 bits per heavy atom. The molecular weight excluding hydrogens is 270 g/mol. The molecular formula is C20H27NO. The number of piperidine rings is 1. The molecule has 118 valence electrons. The summed E-state index contributed by atoms with van der Waals surface area (Å²) in [4.78, 5) is 2.90. The van der Waals surface area contributed by atoms with Crippen LogP contribution in [0.2, 0.25) is 0 Å². The fourth-order valence-corrected chi connectivity index (χ4v) is 6.10. The first kappa shape index (κ1) is 13.4. The lowest BCUT2D eigenvalue weighted by atomic mass is 9.62. The Balaban J connectivity index is 1.55. The van der Waals surface area contributed by atoms with Crippen molar-refractivity contribution in [3.05, 3.63) is 29.3 Å². The van der Waals surface area contributed by atoms with Crippen molar-refractivity contribution in [3.8, 4) is 5.75 Å². The number of nitrogens with zero attached hydrogens (tertiary/aromatic N) is 1. The van der Waals surface area contributed by atoms with Gasteiger partial charge in [-0.3, -0.25) is 4.90 Å². The standard InChI is InChI=1S/C20H27NO/c1-2-20-10-14-8-17(16-7-6-15(22)9-18(16)20)19(11-20)21(14)12-13-4-3-5-13/h6-7,9,13-14,17,19,22H,2-5,8,10-12H2,1H3. The van der Waals surface area contributed by atoms with Crippen molar-refractivity contribution >= 4 is 0 Å². The van der Waals surface area contributed by atoms with Crippen LogP contribution in [-0.2, 0) is 5.41 Å². The monoisotopic (exact) mass is 297 g/mol. The van der Waals surface area contributed by atoms with Crippen LogP contribution in [0, 0.1) is 5.92 Å². The summed E-state index contributed by atoms with van der Waals surface area (Å²) in [5.41, 5.74) is 3.39. The number of phenolic OH excluding ortho intramolecular Hbond substituents is 1. The highest BCUT2D eigenvalue weighted by atomic mass is 16.3. The summed E-state index contributed by atoms with van der Waals surface area (Å²) in [6, 6.07) is 7.80. The van der Waals surface area contributed by atoms with E-state index in [1.54, 1.807) is 5.56 Å². The fourth-order valence-electron chi connectivity index (χ4n) is 6.10. The number of aromatic hydroxyl groups is 1. The molecule has 1 N–H and O–H groups in total. The highest BCUT2D eigenvalue weighted by Crippen LogP contribution is 2.60. The second kappa shape index (κ2) is 4.50. The molecule has 2 aliphatic carbocycles. The average molecular weight is 297 g/mol. The van der Waals surface area contributed by atoms with Crippen LogP contribution in [0.3, 0.4) is 0 Å². The molecule has 5 rings (SSSR count). The molecule has 4 unspecified atom stereocenters. The van der Waals surface area contributed by atoms with Gasteiger partial charge in [0.2, 0.25) is 0 Å². The number of rotatable bonds is 3. The van der Waals surface area contributed by atoms with Gasteiger partial charge in [0.1, 0.15) is 5.75 Å². The van der Waals surface area contributed by atoms with Gasteiger partial charge in [-0.15, -0.1) is 0 Å². The molecule has 2 heterocycles. The second-order valence-corrected chi connectivity index (χ2v) is 8.37. The fraction of sp³-hybridized carbons (Fsp3) is 0.700. The summed E-state index contributed by atoms with van der Waals surface area (Å²) in [5, 5.41) is 10.00. The van der Waals surface area contributed by atoms with Gasteiger partial charge in [0.25, 0.3) is 0 Å². The molecule has 0 radical (unpaired) electrons. The summed E-state index contributed by atoms with van der Waals surface area (Å²) >= 11 is 0. The van der Waals surface area contributed by atoms with Crippen LogP contribution in [0.5, 0.6) is 5.75 Å². The molecule has 0 spiro atoms. The SMILES string of the molecule is CCC12CC3CC(c4ccc(O)cc41)C(C2)N3CC1CCC1. The van der Waals surface area contributed by atoms with Crippen molar-refractivity contribution in [2.45, 2.75) is 75.3 Å². The summed E-state index contributed by atoms with van der Waals surface area (Å²) < 4.78 is 0. The Kier molecular flexibility index (Phi) is 2.75. The van der Waals surface area contributed by atoms with Crippen LogP contribution in [0.4, 0.5) is 0 Å². The molecule has 1 saturated carbocycles.